The van der Waals surface area contributed by atoms with E-state index in [1.165, 1.54) is 16.9 Å². The van der Waals surface area contributed by atoms with Crippen molar-refractivity contribution in [3.63, 3.8) is 0 Å². The van der Waals surface area contributed by atoms with Crippen molar-refractivity contribution in [3.05, 3.63) is 48.8 Å². The van der Waals surface area contributed by atoms with Gasteiger partial charge in [-0.15, -0.1) is 11.8 Å². The van der Waals surface area contributed by atoms with Gasteiger partial charge in [0.15, 0.2) is 0 Å². The molecule has 0 spiro atoms. The molecular weight excluding hydrogens is 384 g/mol. The molecule has 0 radical (unpaired) electrons. The van der Waals surface area contributed by atoms with E-state index in [0.717, 1.165) is 27.9 Å². The molecule has 4 heterocycles. The van der Waals surface area contributed by atoms with Crippen LogP contribution < -0.4 is 9.80 Å². The fourth-order valence-electron chi connectivity index (χ4n) is 3.11. The number of hydrogen-bond acceptors (Lipinski definition) is 8. The second kappa shape index (κ2) is 7.45. The third kappa shape index (κ3) is 4.07. The fourth-order valence-corrected chi connectivity index (χ4v) is 4.90. The van der Waals surface area contributed by atoms with Crippen molar-refractivity contribution < 1.29 is 8.42 Å². The Morgan fingerprint density at radius 2 is 1.85 bits per heavy atom. The number of pyridine rings is 1. The summed E-state index contributed by atoms with van der Waals surface area (Å²) >= 11 is 1.72. The summed E-state index contributed by atoms with van der Waals surface area (Å²) in [5, 5.41) is 0. The smallest absolute Gasteiger partial charge is 0.211 e. The van der Waals surface area contributed by atoms with E-state index >= 15 is 0 Å². The number of nitrogens with zero attached hydrogens (tertiary/aromatic N) is 6. The first-order valence-corrected chi connectivity index (χ1v) is 11.4. The van der Waals surface area contributed by atoms with Crippen molar-refractivity contribution in [2.24, 2.45) is 0 Å². The van der Waals surface area contributed by atoms with Crippen molar-refractivity contribution in [2.45, 2.75) is 0 Å². The molecule has 10 heteroatoms. The summed E-state index contributed by atoms with van der Waals surface area (Å²) in [4.78, 5) is 18.1. The highest BCUT2D eigenvalue weighted by atomic mass is 32.2. The molecule has 0 aliphatic carbocycles. The average Bonchev–Trinajstić information content (AvgIpc) is 3.19. The highest BCUT2D eigenvalue weighted by molar-refractivity contribution is 8.08. The Morgan fingerprint density at radius 1 is 1.11 bits per heavy atom. The van der Waals surface area contributed by atoms with Crippen LogP contribution in [0.15, 0.2) is 43.3 Å². The molecule has 2 aliphatic heterocycles. The predicted octanol–water partition coefficient (Wildman–Crippen LogP) is 1.46. The fraction of sp³-hybridized carbons (Fsp3) is 0.353. The van der Waals surface area contributed by atoms with Gasteiger partial charge in [0, 0.05) is 73.2 Å². The first-order chi connectivity index (χ1) is 13.0. The molecule has 4 rings (SSSR count). The molecule has 142 valence electrons. The van der Waals surface area contributed by atoms with E-state index in [-0.39, 0.29) is 0 Å². The zero-order valence-electron chi connectivity index (χ0n) is 14.9. The number of thioether (sulfide) groups is 1. The molecule has 0 N–H and O–H groups in total. The van der Waals surface area contributed by atoms with Crippen molar-refractivity contribution in [1.29, 1.82) is 0 Å². The van der Waals surface area contributed by atoms with E-state index < -0.39 is 10.0 Å². The largest absolute Gasteiger partial charge is 0.369 e. The van der Waals surface area contributed by atoms with Crippen molar-refractivity contribution >= 4 is 38.2 Å². The van der Waals surface area contributed by atoms with Crippen LogP contribution in [0.3, 0.4) is 0 Å². The van der Waals surface area contributed by atoms with Crippen molar-refractivity contribution in [1.82, 2.24) is 19.3 Å². The van der Waals surface area contributed by atoms with E-state index in [1.807, 2.05) is 6.07 Å². The maximum Gasteiger partial charge on any atom is 0.211 e. The Balaban J connectivity index is 1.48. The van der Waals surface area contributed by atoms with Gasteiger partial charge in [0.1, 0.15) is 12.1 Å². The van der Waals surface area contributed by atoms with Crippen LogP contribution in [0.4, 0.5) is 11.5 Å². The lowest BCUT2D eigenvalue weighted by Gasteiger charge is -2.35. The zero-order valence-corrected chi connectivity index (χ0v) is 16.5. The van der Waals surface area contributed by atoms with Gasteiger partial charge < -0.3 is 9.80 Å². The molecule has 0 unspecified atom stereocenters. The Kier molecular flexibility index (Phi) is 5.02. The normalized spacial score (nSPS) is 18.6. The Bertz CT molecular complexity index is 943. The van der Waals surface area contributed by atoms with Gasteiger partial charge in [-0.2, -0.15) is 4.31 Å². The summed E-state index contributed by atoms with van der Waals surface area (Å²) in [5.41, 5.74) is 2.06. The van der Waals surface area contributed by atoms with Gasteiger partial charge in [-0.05, 0) is 6.07 Å². The Labute approximate surface area is 163 Å². The topological polar surface area (TPSA) is 82.5 Å². The lowest BCUT2D eigenvalue weighted by molar-refractivity contribution is 0.388. The van der Waals surface area contributed by atoms with Gasteiger partial charge in [0.2, 0.25) is 10.0 Å². The Morgan fingerprint density at radius 3 is 2.56 bits per heavy atom. The third-order valence-electron chi connectivity index (χ3n) is 4.57. The molecule has 27 heavy (non-hydrogen) atoms. The van der Waals surface area contributed by atoms with Crippen LogP contribution in [0.5, 0.6) is 0 Å². The van der Waals surface area contributed by atoms with E-state index in [9.17, 15) is 8.42 Å². The molecule has 2 aromatic rings. The van der Waals surface area contributed by atoms with Crippen LogP contribution in [0.1, 0.15) is 5.56 Å². The van der Waals surface area contributed by atoms with E-state index in [2.05, 4.69) is 37.0 Å². The second-order valence-corrected chi connectivity index (χ2v) is 9.35. The average molecular weight is 405 g/mol. The molecular formula is C17H20N6O2S2. The van der Waals surface area contributed by atoms with Gasteiger partial charge in [-0.1, -0.05) is 0 Å². The van der Waals surface area contributed by atoms with Gasteiger partial charge in [-0.25, -0.2) is 23.4 Å². The minimum atomic E-state index is -3.12. The summed E-state index contributed by atoms with van der Waals surface area (Å²) < 4.78 is 24.9. The maximum absolute atomic E-state index is 11.7. The van der Waals surface area contributed by atoms with Gasteiger partial charge in [-0.3, -0.25) is 0 Å². The van der Waals surface area contributed by atoms with Gasteiger partial charge >= 0.3 is 0 Å². The lowest BCUT2D eigenvalue weighted by Crippen LogP contribution is -2.48. The van der Waals surface area contributed by atoms with Crippen LogP contribution in [0.25, 0.3) is 4.91 Å². The maximum atomic E-state index is 11.7. The molecule has 1 saturated heterocycles. The second-order valence-electron chi connectivity index (χ2n) is 6.39. The highest BCUT2D eigenvalue weighted by Gasteiger charge is 2.24. The highest BCUT2D eigenvalue weighted by Crippen LogP contribution is 2.36. The molecule has 2 aliphatic rings. The molecule has 0 aromatic carbocycles. The predicted molar refractivity (Wildman–Crippen MR) is 108 cm³/mol. The summed E-state index contributed by atoms with van der Waals surface area (Å²) in [5.74, 6) is 1.65. The van der Waals surface area contributed by atoms with Crippen LogP contribution in [0.2, 0.25) is 0 Å². The summed E-state index contributed by atoms with van der Waals surface area (Å²) in [6.45, 7) is 2.36. The number of hydrogen-bond donors (Lipinski definition) is 0. The lowest BCUT2D eigenvalue weighted by atomic mass is 10.3. The summed E-state index contributed by atoms with van der Waals surface area (Å²) in [7, 11) is -3.12. The Hall–Kier alpha value is -2.17. The minimum Gasteiger partial charge on any atom is -0.369 e. The van der Waals surface area contributed by atoms with Crippen molar-refractivity contribution in [2.75, 3.05) is 48.1 Å². The number of anilines is 2. The molecule has 2 aromatic heterocycles. The van der Waals surface area contributed by atoms with E-state index in [1.54, 1.807) is 30.4 Å². The molecule has 0 atom stereocenters. The van der Waals surface area contributed by atoms with Gasteiger partial charge in [0.05, 0.1) is 12.1 Å². The summed E-state index contributed by atoms with van der Waals surface area (Å²) in [6.07, 6.45) is 10.3. The number of piperazine rings is 1. The van der Waals surface area contributed by atoms with Crippen LogP contribution >= 0.6 is 11.8 Å². The van der Waals surface area contributed by atoms with E-state index in [4.69, 9.17) is 0 Å². The zero-order chi connectivity index (χ0) is 18.9. The van der Waals surface area contributed by atoms with Crippen LogP contribution in [0, 0.1) is 0 Å². The first-order valence-electron chi connectivity index (χ1n) is 8.53. The SMILES string of the molecule is CS(=O)(=O)N1CCN(c2ccnc(N3C=C(c4cncnc4)SC3)c2)CC1. The molecule has 1 fully saturated rings. The molecule has 0 bridgehead atoms. The molecule has 0 saturated carbocycles. The first kappa shape index (κ1) is 18.2. The monoisotopic (exact) mass is 404 g/mol. The number of aromatic nitrogens is 3. The van der Waals surface area contributed by atoms with Crippen LogP contribution in [-0.2, 0) is 10.0 Å². The molecule has 8 nitrogen and oxygen atoms in total. The minimum absolute atomic E-state index is 0.508. The van der Waals surface area contributed by atoms with Gasteiger partial charge in [0.25, 0.3) is 0 Å². The molecule has 0 amide bonds. The quantitative estimate of drug-likeness (QED) is 0.758. The number of sulfonamides is 1. The standard InChI is InChI=1S/C17H20N6O2S2/c1-27(24,25)23-6-4-21(5-7-23)15-2-3-20-17(8-15)22-11-16(26-13-22)14-9-18-12-19-10-14/h2-3,8-12H,4-7,13H2,1H3. The van der Waals surface area contributed by atoms with Crippen molar-refractivity contribution in [3.8, 4) is 0 Å². The number of rotatable bonds is 4. The van der Waals surface area contributed by atoms with E-state index in [0.29, 0.717) is 26.2 Å². The van der Waals surface area contributed by atoms with Crippen LogP contribution in [-0.4, -0.2) is 66.0 Å². The summed E-state index contributed by atoms with van der Waals surface area (Å²) in [6, 6.07) is 4.02. The third-order valence-corrected chi connectivity index (χ3v) is 6.94.